The number of quaternary nitrogens is 1. The van der Waals surface area contributed by atoms with Crippen LogP contribution in [-0.4, -0.2) is 31.4 Å². The average molecular weight is 389 g/mol. The van der Waals surface area contributed by atoms with E-state index in [0.717, 1.165) is 22.6 Å². The Bertz CT molecular complexity index is 808. The predicted octanol–water partition coefficient (Wildman–Crippen LogP) is 2.69. The smallest absolute Gasteiger partial charge is 0.279 e. The molecule has 0 saturated heterocycles. The molecule has 3 N–H and O–H groups in total. The van der Waals surface area contributed by atoms with Crippen LogP contribution in [0.1, 0.15) is 25.0 Å². The number of carbonyl (C=O) groups excluding carboxylic acids is 2. The van der Waals surface area contributed by atoms with E-state index in [2.05, 4.69) is 17.6 Å². The van der Waals surface area contributed by atoms with Crippen LogP contribution in [-0.2, 0) is 16.0 Å². The summed E-state index contributed by atoms with van der Waals surface area (Å²) in [5, 5.41) is 6.36. The molecule has 144 valence electrons. The first-order valence-corrected chi connectivity index (χ1v) is 9.57. The van der Waals surface area contributed by atoms with Gasteiger partial charge in [-0.15, -0.1) is 0 Å². The Hall–Kier alpha value is -2.37. The van der Waals surface area contributed by atoms with Crippen LogP contribution < -0.4 is 15.5 Å². The van der Waals surface area contributed by atoms with Gasteiger partial charge in [0.1, 0.15) is 0 Å². The molecule has 6 heteroatoms. The summed E-state index contributed by atoms with van der Waals surface area (Å²) in [6.45, 7) is 7.06. The fourth-order valence-electron chi connectivity index (χ4n) is 2.76. The van der Waals surface area contributed by atoms with E-state index in [9.17, 15) is 9.59 Å². The van der Waals surface area contributed by atoms with Crippen molar-refractivity contribution in [3.05, 3.63) is 58.6 Å². The average Bonchev–Trinajstić information content (AvgIpc) is 2.64. The van der Waals surface area contributed by atoms with E-state index >= 15 is 0 Å². The van der Waals surface area contributed by atoms with Crippen molar-refractivity contribution < 1.29 is 14.5 Å². The Morgan fingerprint density at radius 2 is 1.70 bits per heavy atom. The summed E-state index contributed by atoms with van der Waals surface area (Å²) in [6.07, 6.45) is 0.916. The second kappa shape index (κ2) is 10.1. The van der Waals surface area contributed by atoms with Crippen molar-refractivity contribution in [1.82, 2.24) is 0 Å². The third kappa shape index (κ3) is 6.70. The van der Waals surface area contributed by atoms with Gasteiger partial charge in [0.05, 0.1) is 6.54 Å². The van der Waals surface area contributed by atoms with Crippen molar-refractivity contribution in [2.75, 3.05) is 30.3 Å². The van der Waals surface area contributed by atoms with Gasteiger partial charge < -0.3 is 15.5 Å². The van der Waals surface area contributed by atoms with Gasteiger partial charge >= 0.3 is 0 Å². The van der Waals surface area contributed by atoms with Crippen molar-refractivity contribution in [1.29, 1.82) is 0 Å². The molecule has 0 aliphatic heterocycles. The number of hydrogen-bond acceptors (Lipinski definition) is 2. The Balaban J connectivity index is 1.91. The van der Waals surface area contributed by atoms with Crippen LogP contribution in [0.3, 0.4) is 0 Å². The highest BCUT2D eigenvalue weighted by Crippen LogP contribution is 2.19. The first-order valence-electron chi connectivity index (χ1n) is 9.19. The molecule has 2 rings (SSSR count). The molecular formula is C21H27ClN3O2+. The lowest BCUT2D eigenvalue weighted by Gasteiger charge is -2.17. The van der Waals surface area contributed by atoms with Gasteiger partial charge in [0.15, 0.2) is 13.1 Å². The zero-order valence-corrected chi connectivity index (χ0v) is 16.8. The number of benzene rings is 2. The molecule has 2 aromatic carbocycles. The zero-order valence-electron chi connectivity index (χ0n) is 16.1. The molecule has 0 bridgehead atoms. The number of aryl methyl sites for hydroxylation is 2. The van der Waals surface area contributed by atoms with Crippen molar-refractivity contribution >= 4 is 34.8 Å². The quantitative estimate of drug-likeness (QED) is 0.651. The van der Waals surface area contributed by atoms with Crippen LogP contribution in [0.15, 0.2) is 42.5 Å². The molecule has 0 spiro atoms. The van der Waals surface area contributed by atoms with E-state index in [-0.39, 0.29) is 24.9 Å². The molecule has 2 aromatic rings. The third-order valence-electron chi connectivity index (χ3n) is 4.41. The molecule has 1 atom stereocenters. The van der Waals surface area contributed by atoms with Gasteiger partial charge in [-0.05, 0) is 55.7 Å². The Morgan fingerprint density at radius 3 is 2.37 bits per heavy atom. The summed E-state index contributed by atoms with van der Waals surface area (Å²) in [4.78, 5) is 25.6. The van der Waals surface area contributed by atoms with Crippen LogP contribution in [0, 0.1) is 6.92 Å². The molecule has 1 unspecified atom stereocenters. The first-order chi connectivity index (χ1) is 12.9. The Kier molecular flexibility index (Phi) is 7.82. The molecule has 5 nitrogen and oxygen atoms in total. The highest BCUT2D eigenvalue weighted by molar-refractivity contribution is 6.31. The number of amides is 2. The summed E-state index contributed by atoms with van der Waals surface area (Å²) >= 11 is 5.99. The number of carbonyl (C=O) groups is 2. The van der Waals surface area contributed by atoms with E-state index in [1.165, 1.54) is 5.56 Å². The predicted molar refractivity (Wildman–Crippen MR) is 111 cm³/mol. The van der Waals surface area contributed by atoms with Crippen molar-refractivity contribution in [2.24, 2.45) is 0 Å². The number of likely N-dealkylation sites (N-methyl/N-ethyl adjacent to an activating group) is 1. The van der Waals surface area contributed by atoms with Gasteiger partial charge in [0, 0.05) is 16.4 Å². The summed E-state index contributed by atoms with van der Waals surface area (Å²) in [7, 11) is 0. The fourth-order valence-corrected chi connectivity index (χ4v) is 2.94. The van der Waals surface area contributed by atoms with Crippen LogP contribution in [0.5, 0.6) is 0 Å². The van der Waals surface area contributed by atoms with E-state index in [1.807, 2.05) is 44.2 Å². The van der Waals surface area contributed by atoms with Crippen LogP contribution in [0.4, 0.5) is 11.4 Å². The van der Waals surface area contributed by atoms with Crippen LogP contribution in [0.2, 0.25) is 5.02 Å². The van der Waals surface area contributed by atoms with Crippen LogP contribution >= 0.6 is 11.6 Å². The molecule has 2 amide bonds. The highest BCUT2D eigenvalue weighted by Gasteiger charge is 2.17. The van der Waals surface area contributed by atoms with Crippen LogP contribution in [0.25, 0.3) is 0 Å². The van der Waals surface area contributed by atoms with E-state index in [1.54, 1.807) is 12.1 Å². The van der Waals surface area contributed by atoms with Crippen molar-refractivity contribution in [2.45, 2.75) is 27.2 Å². The maximum absolute atomic E-state index is 12.4. The van der Waals surface area contributed by atoms with Gasteiger partial charge in [-0.25, -0.2) is 0 Å². The molecule has 0 heterocycles. The molecule has 0 aliphatic rings. The molecular weight excluding hydrogens is 362 g/mol. The van der Waals surface area contributed by atoms with Gasteiger partial charge in [-0.2, -0.15) is 0 Å². The summed E-state index contributed by atoms with van der Waals surface area (Å²) < 4.78 is 0. The monoisotopic (exact) mass is 388 g/mol. The fraction of sp³-hybridized carbons (Fsp3) is 0.333. The third-order valence-corrected chi connectivity index (χ3v) is 4.65. The lowest BCUT2D eigenvalue weighted by Crippen LogP contribution is -3.13. The van der Waals surface area contributed by atoms with Gasteiger partial charge in [0.2, 0.25) is 0 Å². The maximum atomic E-state index is 12.4. The first kappa shape index (κ1) is 20.9. The summed E-state index contributed by atoms with van der Waals surface area (Å²) in [6, 6.07) is 13.2. The summed E-state index contributed by atoms with van der Waals surface area (Å²) in [5.74, 6) is -0.246. The molecule has 0 fully saturated rings. The molecule has 0 aliphatic carbocycles. The van der Waals surface area contributed by atoms with Gasteiger partial charge in [-0.1, -0.05) is 36.7 Å². The maximum Gasteiger partial charge on any atom is 0.279 e. The second-order valence-electron chi connectivity index (χ2n) is 6.57. The molecule has 27 heavy (non-hydrogen) atoms. The van der Waals surface area contributed by atoms with Gasteiger partial charge in [0.25, 0.3) is 11.8 Å². The number of hydrogen-bond donors (Lipinski definition) is 3. The normalized spacial score (nSPS) is 11.7. The molecule has 0 aromatic heterocycles. The topological polar surface area (TPSA) is 62.6 Å². The largest absolute Gasteiger partial charge is 0.321 e. The standard InChI is InChI=1S/C21H26ClN3O2/c1-4-16-7-6-8-18(11-16)23-20(26)13-25(5-2)14-21(27)24-19-12-17(22)10-9-15(19)3/h6-12H,4-5,13-14H2,1-3H3,(H,23,26)(H,24,27)/p+1. The second-order valence-corrected chi connectivity index (χ2v) is 7.00. The SMILES string of the molecule is CCc1cccc(NC(=O)C[NH+](CC)CC(=O)Nc2cc(Cl)ccc2C)c1. The van der Waals surface area contributed by atoms with E-state index in [4.69, 9.17) is 11.6 Å². The zero-order chi connectivity index (χ0) is 19.8. The minimum Gasteiger partial charge on any atom is -0.321 e. The molecule has 0 radical (unpaired) electrons. The van der Waals surface area contributed by atoms with E-state index < -0.39 is 0 Å². The van der Waals surface area contributed by atoms with Gasteiger partial charge in [-0.3, -0.25) is 9.59 Å². The number of halogens is 1. The van der Waals surface area contributed by atoms with Crippen molar-refractivity contribution in [3.63, 3.8) is 0 Å². The lowest BCUT2D eigenvalue weighted by atomic mass is 10.1. The molecule has 0 saturated carbocycles. The Morgan fingerprint density at radius 1 is 1.00 bits per heavy atom. The summed E-state index contributed by atoms with van der Waals surface area (Å²) in [5.41, 5.74) is 3.60. The highest BCUT2D eigenvalue weighted by atomic mass is 35.5. The number of nitrogens with one attached hydrogen (secondary N) is 3. The number of anilines is 2. The van der Waals surface area contributed by atoms with Crippen molar-refractivity contribution in [3.8, 4) is 0 Å². The van der Waals surface area contributed by atoms with E-state index in [0.29, 0.717) is 17.3 Å². The minimum atomic E-state index is -0.141. The lowest BCUT2D eigenvalue weighted by molar-refractivity contribution is -0.881. The minimum absolute atomic E-state index is 0.105. The Labute approximate surface area is 165 Å². The number of rotatable bonds is 8.